The highest BCUT2D eigenvalue weighted by Gasteiger charge is 2.16. The van der Waals surface area contributed by atoms with Gasteiger partial charge in [0.05, 0.1) is 12.2 Å². The molecule has 1 aliphatic rings. The number of aryl methyl sites for hydroxylation is 1. The lowest BCUT2D eigenvalue weighted by Gasteiger charge is -2.29. The van der Waals surface area contributed by atoms with Crippen LogP contribution >= 0.6 is 0 Å². The molecular weight excluding hydrogens is 162 g/mol. The molecule has 0 bridgehead atoms. The Labute approximate surface area is 79.1 Å². The van der Waals surface area contributed by atoms with Gasteiger partial charge in [0.15, 0.2) is 0 Å². The van der Waals surface area contributed by atoms with E-state index < -0.39 is 0 Å². The van der Waals surface area contributed by atoms with E-state index in [0.29, 0.717) is 0 Å². The van der Waals surface area contributed by atoms with Gasteiger partial charge in [-0.05, 0) is 18.1 Å². The highest BCUT2D eigenvalue weighted by Crippen LogP contribution is 2.34. The first-order chi connectivity index (χ1) is 6.33. The summed E-state index contributed by atoms with van der Waals surface area (Å²) in [5, 5.41) is 0. The highest BCUT2D eigenvalue weighted by molar-refractivity contribution is 5.64. The van der Waals surface area contributed by atoms with Crippen LogP contribution in [-0.4, -0.2) is 20.2 Å². The molecule has 1 aromatic carbocycles. The number of hydrogen-bond acceptors (Lipinski definition) is 2. The van der Waals surface area contributed by atoms with Crippen molar-refractivity contribution < 1.29 is 4.74 Å². The second-order valence-electron chi connectivity index (χ2n) is 3.39. The molecule has 1 heterocycles. The average Bonchev–Trinajstić information content (AvgIpc) is 2.17. The number of fused-ring (bicyclic) bond motifs is 1. The van der Waals surface area contributed by atoms with Crippen molar-refractivity contribution in [1.82, 2.24) is 0 Å². The molecule has 0 N–H and O–H groups in total. The van der Waals surface area contributed by atoms with Crippen LogP contribution in [0.2, 0.25) is 0 Å². The fourth-order valence-corrected chi connectivity index (χ4v) is 1.81. The van der Waals surface area contributed by atoms with E-state index in [1.54, 1.807) is 0 Å². The summed E-state index contributed by atoms with van der Waals surface area (Å²) in [6.45, 7) is 3.97. The lowest BCUT2D eigenvalue weighted by atomic mass is 10.1. The van der Waals surface area contributed by atoms with Crippen molar-refractivity contribution in [3.05, 3.63) is 23.8 Å². The standard InChI is InChI=1S/C11H15NO/c1-3-9-5-4-6-10-11(9)12(2)7-8-13-10/h4-6H,3,7-8H2,1-2H3. The molecule has 2 rings (SSSR count). The molecule has 13 heavy (non-hydrogen) atoms. The van der Waals surface area contributed by atoms with Gasteiger partial charge in [0.1, 0.15) is 12.4 Å². The Bertz CT molecular complexity index is 295. The third kappa shape index (κ3) is 1.37. The predicted molar refractivity (Wildman–Crippen MR) is 54.6 cm³/mol. The van der Waals surface area contributed by atoms with Gasteiger partial charge in [0.25, 0.3) is 0 Å². The van der Waals surface area contributed by atoms with Gasteiger partial charge >= 0.3 is 0 Å². The van der Waals surface area contributed by atoms with Gasteiger partial charge in [-0.2, -0.15) is 0 Å². The Morgan fingerprint density at radius 1 is 1.46 bits per heavy atom. The van der Waals surface area contributed by atoms with Crippen molar-refractivity contribution >= 4 is 5.69 Å². The largest absolute Gasteiger partial charge is 0.490 e. The predicted octanol–water partition coefficient (Wildman–Crippen LogP) is 2.08. The highest BCUT2D eigenvalue weighted by atomic mass is 16.5. The summed E-state index contributed by atoms with van der Waals surface area (Å²) in [5.41, 5.74) is 2.65. The van der Waals surface area contributed by atoms with Gasteiger partial charge in [-0.3, -0.25) is 0 Å². The van der Waals surface area contributed by atoms with Gasteiger partial charge in [-0.15, -0.1) is 0 Å². The van der Waals surface area contributed by atoms with Crippen molar-refractivity contribution in [2.75, 3.05) is 25.1 Å². The minimum absolute atomic E-state index is 0.802. The molecule has 1 aliphatic heterocycles. The minimum atomic E-state index is 0.802. The molecule has 0 unspecified atom stereocenters. The molecule has 0 radical (unpaired) electrons. The van der Waals surface area contributed by atoms with Crippen molar-refractivity contribution in [3.63, 3.8) is 0 Å². The van der Waals surface area contributed by atoms with Gasteiger partial charge in [-0.25, -0.2) is 0 Å². The van der Waals surface area contributed by atoms with Gasteiger partial charge < -0.3 is 9.64 Å². The first-order valence-corrected chi connectivity index (χ1v) is 4.78. The lowest BCUT2D eigenvalue weighted by Crippen LogP contribution is -2.29. The summed E-state index contributed by atoms with van der Waals surface area (Å²) in [6.07, 6.45) is 1.07. The average molecular weight is 177 g/mol. The van der Waals surface area contributed by atoms with Crippen molar-refractivity contribution in [2.24, 2.45) is 0 Å². The first-order valence-electron chi connectivity index (χ1n) is 4.78. The molecule has 0 saturated heterocycles. The van der Waals surface area contributed by atoms with Gasteiger partial charge in [0.2, 0.25) is 0 Å². The smallest absolute Gasteiger partial charge is 0.142 e. The second kappa shape index (κ2) is 3.29. The maximum atomic E-state index is 5.59. The molecule has 0 fully saturated rings. The van der Waals surface area contributed by atoms with Crippen molar-refractivity contribution in [2.45, 2.75) is 13.3 Å². The summed E-state index contributed by atoms with van der Waals surface area (Å²) in [5.74, 6) is 1.04. The third-order valence-electron chi connectivity index (χ3n) is 2.53. The minimum Gasteiger partial charge on any atom is -0.490 e. The Morgan fingerprint density at radius 2 is 2.31 bits per heavy atom. The quantitative estimate of drug-likeness (QED) is 0.651. The van der Waals surface area contributed by atoms with Crippen LogP contribution in [0.4, 0.5) is 5.69 Å². The summed E-state index contributed by atoms with van der Waals surface area (Å²) >= 11 is 0. The van der Waals surface area contributed by atoms with E-state index in [2.05, 4.69) is 31.0 Å². The van der Waals surface area contributed by atoms with Crippen LogP contribution in [0.15, 0.2) is 18.2 Å². The van der Waals surface area contributed by atoms with Crippen LogP contribution in [0.3, 0.4) is 0 Å². The molecule has 1 aromatic rings. The Balaban J connectivity index is 2.50. The fourth-order valence-electron chi connectivity index (χ4n) is 1.81. The molecule has 2 heteroatoms. The fraction of sp³-hybridized carbons (Fsp3) is 0.455. The number of anilines is 1. The topological polar surface area (TPSA) is 12.5 Å². The monoisotopic (exact) mass is 177 g/mol. The molecular formula is C11H15NO. The molecule has 0 aromatic heterocycles. The number of hydrogen-bond donors (Lipinski definition) is 0. The van der Waals surface area contributed by atoms with E-state index in [1.807, 2.05) is 6.07 Å². The Hall–Kier alpha value is -1.18. The SMILES string of the molecule is CCc1cccc2c1N(C)CCO2. The summed E-state index contributed by atoms with van der Waals surface area (Å²) in [6, 6.07) is 6.28. The van der Waals surface area contributed by atoms with Crippen molar-refractivity contribution in [3.8, 4) is 5.75 Å². The number of rotatable bonds is 1. The summed E-state index contributed by atoms with van der Waals surface area (Å²) in [4.78, 5) is 2.28. The van der Waals surface area contributed by atoms with Gasteiger partial charge in [-0.1, -0.05) is 19.1 Å². The zero-order valence-electron chi connectivity index (χ0n) is 8.21. The summed E-state index contributed by atoms with van der Waals surface area (Å²) in [7, 11) is 2.13. The zero-order chi connectivity index (χ0) is 9.26. The summed E-state index contributed by atoms with van der Waals surface area (Å²) < 4.78 is 5.59. The molecule has 0 amide bonds. The second-order valence-corrected chi connectivity index (χ2v) is 3.39. The number of benzene rings is 1. The normalized spacial score (nSPS) is 15.1. The lowest BCUT2D eigenvalue weighted by molar-refractivity contribution is 0.311. The Morgan fingerprint density at radius 3 is 3.08 bits per heavy atom. The van der Waals surface area contributed by atoms with Crippen LogP contribution in [-0.2, 0) is 6.42 Å². The first kappa shape index (κ1) is 8.42. The van der Waals surface area contributed by atoms with E-state index in [9.17, 15) is 0 Å². The molecule has 2 nitrogen and oxygen atoms in total. The van der Waals surface area contributed by atoms with Crippen LogP contribution < -0.4 is 9.64 Å². The van der Waals surface area contributed by atoms with E-state index in [4.69, 9.17) is 4.74 Å². The van der Waals surface area contributed by atoms with E-state index >= 15 is 0 Å². The number of likely N-dealkylation sites (N-methyl/N-ethyl adjacent to an activating group) is 1. The van der Waals surface area contributed by atoms with Crippen LogP contribution in [0.25, 0.3) is 0 Å². The van der Waals surface area contributed by atoms with E-state index in [0.717, 1.165) is 25.3 Å². The maximum absolute atomic E-state index is 5.59. The molecule has 0 spiro atoms. The van der Waals surface area contributed by atoms with E-state index in [-0.39, 0.29) is 0 Å². The molecule has 70 valence electrons. The number of nitrogens with zero attached hydrogens (tertiary/aromatic N) is 1. The van der Waals surface area contributed by atoms with Gasteiger partial charge in [0, 0.05) is 7.05 Å². The van der Waals surface area contributed by atoms with Crippen LogP contribution in [0.5, 0.6) is 5.75 Å². The molecule has 0 atom stereocenters. The maximum Gasteiger partial charge on any atom is 0.142 e. The molecule has 0 aliphatic carbocycles. The zero-order valence-corrected chi connectivity index (χ0v) is 8.21. The molecule has 0 saturated carbocycles. The van der Waals surface area contributed by atoms with Crippen LogP contribution in [0.1, 0.15) is 12.5 Å². The number of para-hydroxylation sites is 1. The van der Waals surface area contributed by atoms with Crippen LogP contribution in [0, 0.1) is 0 Å². The van der Waals surface area contributed by atoms with E-state index in [1.165, 1.54) is 11.3 Å². The number of ether oxygens (including phenoxy) is 1. The van der Waals surface area contributed by atoms with Crippen molar-refractivity contribution in [1.29, 1.82) is 0 Å². The Kier molecular flexibility index (Phi) is 2.13. The third-order valence-corrected chi connectivity index (χ3v) is 2.53.